The van der Waals surface area contributed by atoms with Crippen molar-refractivity contribution >= 4 is 23.4 Å². The lowest BCUT2D eigenvalue weighted by Crippen LogP contribution is -2.19. The van der Waals surface area contributed by atoms with Crippen LogP contribution >= 0.6 is 11.8 Å². The molecule has 2 aromatic carbocycles. The van der Waals surface area contributed by atoms with Gasteiger partial charge in [0.25, 0.3) is 0 Å². The number of thioether (sulfide) groups is 1. The van der Waals surface area contributed by atoms with E-state index in [1.54, 1.807) is 7.11 Å². The number of hydrogen-bond donors (Lipinski definition) is 1. The fourth-order valence-corrected chi connectivity index (χ4v) is 4.35. The summed E-state index contributed by atoms with van der Waals surface area (Å²) in [5, 5.41) is 12.2. The molecule has 29 heavy (non-hydrogen) atoms. The first-order chi connectivity index (χ1) is 14.2. The average molecular weight is 409 g/mol. The fraction of sp³-hybridized carbons (Fsp3) is 0.318. The second-order valence-corrected chi connectivity index (χ2v) is 8.06. The molecule has 1 heterocycles. The lowest BCUT2D eigenvalue weighted by atomic mass is 10.1. The quantitative estimate of drug-likeness (QED) is 0.549. The Morgan fingerprint density at radius 2 is 2.00 bits per heavy atom. The van der Waals surface area contributed by atoms with Crippen LogP contribution in [0.25, 0.3) is 0 Å². The molecule has 1 aliphatic carbocycles. The van der Waals surface area contributed by atoms with Crippen LogP contribution in [0.2, 0.25) is 0 Å². The first kappa shape index (κ1) is 19.5. The number of carbonyl (C=O) groups is 1. The molecule has 1 atom stereocenters. The predicted molar refractivity (Wildman–Crippen MR) is 114 cm³/mol. The molecule has 1 N–H and O–H groups in total. The lowest BCUT2D eigenvalue weighted by molar-refractivity contribution is -0.115. The summed E-state index contributed by atoms with van der Waals surface area (Å²) in [5.41, 5.74) is 1.63. The summed E-state index contributed by atoms with van der Waals surface area (Å²) < 4.78 is 7.40. The number of nitrogens with one attached hydrogen (secondary N) is 1. The van der Waals surface area contributed by atoms with Crippen LogP contribution in [0.5, 0.6) is 5.75 Å². The van der Waals surface area contributed by atoms with Crippen molar-refractivity contribution in [2.24, 2.45) is 0 Å². The largest absolute Gasteiger partial charge is 0.497 e. The molecular formula is C22H24N4O2S. The van der Waals surface area contributed by atoms with Gasteiger partial charge in [0.1, 0.15) is 16.8 Å². The summed E-state index contributed by atoms with van der Waals surface area (Å²) in [5.74, 6) is 2.15. The van der Waals surface area contributed by atoms with Crippen LogP contribution in [-0.2, 0) is 11.3 Å². The zero-order valence-electron chi connectivity index (χ0n) is 16.5. The minimum Gasteiger partial charge on any atom is -0.497 e. The number of carbonyl (C=O) groups excluding carboxylic acids is 1. The van der Waals surface area contributed by atoms with Crippen LogP contribution in [-0.4, -0.2) is 27.8 Å². The van der Waals surface area contributed by atoms with Crippen molar-refractivity contribution < 1.29 is 9.53 Å². The molecule has 1 aromatic heterocycles. The van der Waals surface area contributed by atoms with Crippen LogP contribution < -0.4 is 10.1 Å². The number of aromatic nitrogens is 3. The molecule has 3 aromatic rings. The van der Waals surface area contributed by atoms with Gasteiger partial charge in [-0.1, -0.05) is 48.2 Å². The van der Waals surface area contributed by atoms with E-state index in [1.165, 1.54) is 24.6 Å². The number of ether oxygens (including phenoxy) is 1. The molecule has 0 radical (unpaired) electrons. The van der Waals surface area contributed by atoms with E-state index in [9.17, 15) is 4.79 Å². The monoisotopic (exact) mass is 408 g/mol. The summed E-state index contributed by atoms with van der Waals surface area (Å²) in [6.45, 7) is 2.88. The van der Waals surface area contributed by atoms with Gasteiger partial charge in [0.15, 0.2) is 5.16 Å². The highest BCUT2D eigenvalue weighted by molar-refractivity contribution is 8.00. The van der Waals surface area contributed by atoms with Crippen LogP contribution in [0.3, 0.4) is 0 Å². The SMILES string of the molecule is CCn1c(S[C@@H](C(=O)Nc2cccc(OC)c2)c2ccccc2)nnc1C1CC1. The molecule has 0 unspecified atom stereocenters. The predicted octanol–water partition coefficient (Wildman–Crippen LogP) is 4.66. The maximum Gasteiger partial charge on any atom is 0.242 e. The Labute approximate surface area is 174 Å². The van der Waals surface area contributed by atoms with Crippen LogP contribution in [0, 0.1) is 0 Å². The summed E-state index contributed by atoms with van der Waals surface area (Å²) >= 11 is 1.44. The van der Waals surface area contributed by atoms with Gasteiger partial charge in [0, 0.05) is 24.2 Å². The minimum absolute atomic E-state index is 0.104. The average Bonchev–Trinajstić information content (AvgIpc) is 3.52. The summed E-state index contributed by atoms with van der Waals surface area (Å²) in [6.07, 6.45) is 2.34. The molecule has 1 fully saturated rings. The van der Waals surface area contributed by atoms with Crippen molar-refractivity contribution in [3.05, 3.63) is 66.0 Å². The number of amides is 1. The van der Waals surface area contributed by atoms with E-state index in [0.717, 1.165) is 23.1 Å². The van der Waals surface area contributed by atoms with E-state index in [-0.39, 0.29) is 5.91 Å². The third kappa shape index (κ3) is 4.45. The molecule has 6 nitrogen and oxygen atoms in total. The first-order valence-electron chi connectivity index (χ1n) is 9.79. The van der Waals surface area contributed by atoms with Gasteiger partial charge in [0.05, 0.1) is 7.11 Å². The van der Waals surface area contributed by atoms with Gasteiger partial charge in [-0.15, -0.1) is 10.2 Å². The molecular weight excluding hydrogens is 384 g/mol. The minimum atomic E-state index is -0.441. The fourth-order valence-electron chi connectivity index (χ4n) is 3.24. The van der Waals surface area contributed by atoms with Crippen molar-refractivity contribution in [1.82, 2.24) is 14.8 Å². The van der Waals surface area contributed by atoms with Crippen LogP contribution in [0.4, 0.5) is 5.69 Å². The zero-order valence-corrected chi connectivity index (χ0v) is 17.4. The Morgan fingerprint density at radius 3 is 2.69 bits per heavy atom. The Hall–Kier alpha value is -2.80. The van der Waals surface area contributed by atoms with E-state index in [2.05, 4.69) is 27.0 Å². The normalized spacial score (nSPS) is 14.4. The number of nitrogens with zero attached hydrogens (tertiary/aromatic N) is 3. The summed E-state index contributed by atoms with van der Waals surface area (Å²) in [6, 6.07) is 17.2. The highest BCUT2D eigenvalue weighted by Crippen LogP contribution is 2.42. The highest BCUT2D eigenvalue weighted by atomic mass is 32.2. The molecule has 0 aliphatic heterocycles. The van der Waals surface area contributed by atoms with E-state index in [1.807, 2.05) is 54.6 Å². The second-order valence-electron chi connectivity index (χ2n) is 6.99. The molecule has 0 saturated heterocycles. The van der Waals surface area contributed by atoms with Crippen molar-refractivity contribution in [3.8, 4) is 5.75 Å². The maximum absolute atomic E-state index is 13.2. The Bertz CT molecular complexity index is 985. The second kappa shape index (κ2) is 8.69. The van der Waals surface area contributed by atoms with Gasteiger partial charge < -0.3 is 14.6 Å². The first-order valence-corrected chi connectivity index (χ1v) is 10.7. The van der Waals surface area contributed by atoms with Gasteiger partial charge >= 0.3 is 0 Å². The van der Waals surface area contributed by atoms with Gasteiger partial charge in [-0.25, -0.2) is 0 Å². The Morgan fingerprint density at radius 1 is 1.21 bits per heavy atom. The van der Waals surface area contributed by atoms with Crippen molar-refractivity contribution in [3.63, 3.8) is 0 Å². The van der Waals surface area contributed by atoms with Gasteiger partial charge in [-0.2, -0.15) is 0 Å². The number of rotatable bonds is 8. The topological polar surface area (TPSA) is 69.0 Å². The highest BCUT2D eigenvalue weighted by Gasteiger charge is 2.32. The smallest absolute Gasteiger partial charge is 0.242 e. The molecule has 0 bridgehead atoms. The summed E-state index contributed by atoms with van der Waals surface area (Å²) in [4.78, 5) is 13.2. The van der Waals surface area contributed by atoms with E-state index in [0.29, 0.717) is 17.4 Å². The molecule has 0 spiro atoms. The van der Waals surface area contributed by atoms with Gasteiger partial charge in [-0.3, -0.25) is 4.79 Å². The molecule has 1 saturated carbocycles. The number of benzene rings is 2. The van der Waals surface area contributed by atoms with Gasteiger partial charge in [0.2, 0.25) is 5.91 Å². The standard InChI is InChI=1S/C22H24N4O2S/c1-3-26-20(16-12-13-16)24-25-22(26)29-19(15-8-5-4-6-9-15)21(27)23-17-10-7-11-18(14-17)28-2/h4-11,14,16,19H,3,12-13H2,1-2H3,(H,23,27)/t19-/m1/s1. The Balaban J connectivity index is 1.61. The molecule has 4 rings (SSSR count). The van der Waals surface area contributed by atoms with Crippen molar-refractivity contribution in [1.29, 1.82) is 0 Å². The molecule has 150 valence electrons. The van der Waals surface area contributed by atoms with Crippen LogP contribution in [0.15, 0.2) is 59.8 Å². The maximum atomic E-state index is 13.2. The summed E-state index contributed by atoms with van der Waals surface area (Å²) in [7, 11) is 1.61. The van der Waals surface area contributed by atoms with Crippen LogP contribution in [0.1, 0.15) is 42.3 Å². The van der Waals surface area contributed by atoms with E-state index < -0.39 is 5.25 Å². The number of hydrogen-bond acceptors (Lipinski definition) is 5. The molecule has 1 aliphatic rings. The van der Waals surface area contributed by atoms with E-state index >= 15 is 0 Å². The Kier molecular flexibility index (Phi) is 5.85. The molecule has 1 amide bonds. The molecule has 7 heteroatoms. The van der Waals surface area contributed by atoms with E-state index in [4.69, 9.17) is 4.74 Å². The number of anilines is 1. The third-order valence-corrected chi connectivity index (χ3v) is 6.14. The third-order valence-electron chi connectivity index (χ3n) is 4.91. The zero-order chi connectivity index (χ0) is 20.2. The lowest BCUT2D eigenvalue weighted by Gasteiger charge is -2.17. The van der Waals surface area contributed by atoms with Crippen molar-refractivity contribution in [2.75, 3.05) is 12.4 Å². The number of methoxy groups -OCH3 is 1. The van der Waals surface area contributed by atoms with Crippen molar-refractivity contribution in [2.45, 2.75) is 42.6 Å². The van der Waals surface area contributed by atoms with Gasteiger partial charge in [-0.05, 0) is 37.5 Å².